The smallest absolute Gasteiger partial charge is 0.224 e. The van der Waals surface area contributed by atoms with Crippen molar-refractivity contribution in [2.75, 3.05) is 11.9 Å². The van der Waals surface area contributed by atoms with Gasteiger partial charge in [0.25, 0.3) is 0 Å². The monoisotopic (exact) mass is 202 g/mol. The first-order valence-electron chi connectivity index (χ1n) is 4.72. The van der Waals surface area contributed by atoms with Crippen LogP contribution in [0.15, 0.2) is 18.2 Å². The van der Waals surface area contributed by atoms with Crippen molar-refractivity contribution in [3.63, 3.8) is 0 Å². The lowest BCUT2D eigenvalue weighted by Crippen LogP contribution is -2.18. The van der Waals surface area contributed by atoms with Gasteiger partial charge in [-0.1, -0.05) is 6.07 Å². The number of nitriles is 1. The number of ether oxygens (including phenoxy) is 1. The van der Waals surface area contributed by atoms with Crippen LogP contribution >= 0.6 is 0 Å². The zero-order valence-corrected chi connectivity index (χ0v) is 8.12. The second-order valence-corrected chi connectivity index (χ2v) is 3.31. The van der Waals surface area contributed by atoms with Crippen LogP contribution in [0.3, 0.4) is 0 Å². The Morgan fingerprint density at radius 1 is 1.47 bits per heavy atom. The van der Waals surface area contributed by atoms with E-state index in [0.717, 1.165) is 17.7 Å². The Labute approximate surface area is 87.5 Å². The van der Waals surface area contributed by atoms with Crippen LogP contribution in [0.2, 0.25) is 0 Å². The van der Waals surface area contributed by atoms with Crippen LogP contribution in [0.4, 0.5) is 5.69 Å². The van der Waals surface area contributed by atoms with Crippen LogP contribution in [-0.4, -0.2) is 12.5 Å². The fourth-order valence-corrected chi connectivity index (χ4v) is 1.56. The van der Waals surface area contributed by atoms with Crippen molar-refractivity contribution in [3.05, 3.63) is 23.8 Å². The molecule has 1 heterocycles. The third-order valence-electron chi connectivity index (χ3n) is 2.28. The Morgan fingerprint density at radius 2 is 2.33 bits per heavy atom. The van der Waals surface area contributed by atoms with Gasteiger partial charge in [0, 0.05) is 18.2 Å². The average molecular weight is 202 g/mol. The molecule has 0 saturated heterocycles. The van der Waals surface area contributed by atoms with Gasteiger partial charge >= 0.3 is 0 Å². The van der Waals surface area contributed by atoms with E-state index >= 15 is 0 Å². The highest BCUT2D eigenvalue weighted by atomic mass is 16.5. The van der Waals surface area contributed by atoms with Crippen molar-refractivity contribution in [3.8, 4) is 11.8 Å². The number of nitrogens with zero attached hydrogens (tertiary/aromatic N) is 1. The molecular weight excluding hydrogens is 192 g/mol. The maximum Gasteiger partial charge on any atom is 0.224 e. The summed E-state index contributed by atoms with van der Waals surface area (Å²) in [5.74, 6) is 0.637. The minimum atomic E-state index is 0.0206. The van der Waals surface area contributed by atoms with Gasteiger partial charge in [-0.05, 0) is 18.1 Å². The topological polar surface area (TPSA) is 62.1 Å². The maximum atomic E-state index is 11.1. The molecule has 15 heavy (non-hydrogen) atoms. The molecule has 0 unspecified atom stereocenters. The van der Waals surface area contributed by atoms with Crippen molar-refractivity contribution < 1.29 is 9.53 Å². The van der Waals surface area contributed by atoms with E-state index in [1.54, 1.807) is 6.07 Å². The van der Waals surface area contributed by atoms with Gasteiger partial charge in [-0.3, -0.25) is 4.79 Å². The molecule has 1 aromatic rings. The Kier molecular flexibility index (Phi) is 2.55. The standard InChI is InChI=1S/C11H10N2O2/c12-5-6-15-9-3-1-8-2-4-11(14)13-10(8)7-9/h1,3,7H,2,4,6H2,(H,13,14). The second-order valence-electron chi connectivity index (χ2n) is 3.31. The Hall–Kier alpha value is -2.02. The summed E-state index contributed by atoms with van der Waals surface area (Å²) < 4.78 is 5.14. The molecule has 0 aliphatic carbocycles. The van der Waals surface area contributed by atoms with Gasteiger partial charge in [0.05, 0.1) is 0 Å². The third-order valence-corrected chi connectivity index (χ3v) is 2.28. The van der Waals surface area contributed by atoms with Crippen LogP contribution < -0.4 is 10.1 Å². The highest BCUT2D eigenvalue weighted by Crippen LogP contribution is 2.26. The number of carbonyl (C=O) groups excluding carboxylic acids is 1. The van der Waals surface area contributed by atoms with Crippen molar-refractivity contribution in [1.82, 2.24) is 0 Å². The molecule has 4 nitrogen and oxygen atoms in total. The summed E-state index contributed by atoms with van der Waals surface area (Å²) in [6.45, 7) is 0.0206. The predicted octanol–water partition coefficient (Wildman–Crippen LogP) is 1.47. The Balaban J connectivity index is 2.21. The van der Waals surface area contributed by atoms with Crippen molar-refractivity contribution in [2.24, 2.45) is 0 Å². The van der Waals surface area contributed by atoms with E-state index in [1.165, 1.54) is 0 Å². The van der Waals surface area contributed by atoms with Gasteiger partial charge in [-0.15, -0.1) is 0 Å². The van der Waals surface area contributed by atoms with E-state index in [0.29, 0.717) is 12.2 Å². The molecule has 1 amide bonds. The van der Waals surface area contributed by atoms with E-state index in [2.05, 4.69) is 5.32 Å². The lowest BCUT2D eigenvalue weighted by molar-refractivity contribution is -0.116. The molecule has 1 aliphatic heterocycles. The van der Waals surface area contributed by atoms with Gasteiger partial charge < -0.3 is 10.1 Å². The summed E-state index contributed by atoms with van der Waals surface area (Å²) in [7, 11) is 0. The quantitative estimate of drug-likeness (QED) is 0.789. The number of anilines is 1. The molecule has 0 radical (unpaired) electrons. The fourth-order valence-electron chi connectivity index (χ4n) is 1.56. The minimum absolute atomic E-state index is 0.0206. The number of benzene rings is 1. The Bertz CT molecular complexity index is 435. The fraction of sp³-hybridized carbons (Fsp3) is 0.273. The van der Waals surface area contributed by atoms with E-state index in [9.17, 15) is 4.79 Å². The zero-order valence-electron chi connectivity index (χ0n) is 8.12. The largest absolute Gasteiger partial charge is 0.479 e. The number of rotatable bonds is 2. The summed E-state index contributed by atoms with van der Waals surface area (Å²) in [5, 5.41) is 11.1. The van der Waals surface area contributed by atoms with Gasteiger partial charge in [0.1, 0.15) is 11.8 Å². The number of aryl methyl sites for hydroxylation is 1. The highest BCUT2D eigenvalue weighted by molar-refractivity contribution is 5.94. The number of nitrogens with one attached hydrogen (secondary N) is 1. The van der Waals surface area contributed by atoms with Gasteiger partial charge in [0.2, 0.25) is 5.91 Å². The number of carbonyl (C=O) groups is 1. The maximum absolute atomic E-state index is 11.1. The molecule has 0 atom stereocenters. The highest BCUT2D eigenvalue weighted by Gasteiger charge is 2.14. The molecule has 4 heteroatoms. The lowest BCUT2D eigenvalue weighted by Gasteiger charge is -2.17. The first-order valence-corrected chi connectivity index (χ1v) is 4.72. The van der Waals surface area contributed by atoms with Gasteiger partial charge in [0.15, 0.2) is 6.61 Å². The second kappa shape index (κ2) is 4.01. The first-order chi connectivity index (χ1) is 7.29. The normalized spacial score (nSPS) is 13.7. The van der Waals surface area contributed by atoms with E-state index in [4.69, 9.17) is 10.00 Å². The zero-order chi connectivity index (χ0) is 10.7. The molecule has 0 fully saturated rings. The SMILES string of the molecule is N#CCOc1ccc2c(c1)NC(=O)CC2. The average Bonchev–Trinajstić information content (AvgIpc) is 2.25. The summed E-state index contributed by atoms with van der Waals surface area (Å²) >= 11 is 0. The number of fused-ring (bicyclic) bond motifs is 1. The summed E-state index contributed by atoms with van der Waals surface area (Å²) in [4.78, 5) is 11.1. The first kappa shape index (κ1) is 9.53. The molecule has 2 rings (SSSR count). The summed E-state index contributed by atoms with van der Waals surface area (Å²) in [5.41, 5.74) is 1.90. The lowest BCUT2D eigenvalue weighted by atomic mass is 10.0. The molecule has 0 bridgehead atoms. The summed E-state index contributed by atoms with van der Waals surface area (Å²) in [6, 6.07) is 7.38. The molecule has 0 saturated carbocycles. The van der Waals surface area contributed by atoms with E-state index in [-0.39, 0.29) is 12.5 Å². The van der Waals surface area contributed by atoms with E-state index in [1.807, 2.05) is 18.2 Å². The third kappa shape index (κ3) is 2.08. The van der Waals surface area contributed by atoms with Crippen LogP contribution in [0.25, 0.3) is 0 Å². The molecule has 0 aromatic heterocycles. The molecule has 0 spiro atoms. The summed E-state index contributed by atoms with van der Waals surface area (Å²) in [6.07, 6.45) is 1.30. The molecule has 1 N–H and O–H groups in total. The van der Waals surface area contributed by atoms with Crippen molar-refractivity contribution >= 4 is 11.6 Å². The number of amides is 1. The van der Waals surface area contributed by atoms with Crippen molar-refractivity contribution in [1.29, 1.82) is 5.26 Å². The van der Waals surface area contributed by atoms with Crippen LogP contribution in [0.5, 0.6) is 5.75 Å². The van der Waals surface area contributed by atoms with Crippen LogP contribution in [0.1, 0.15) is 12.0 Å². The van der Waals surface area contributed by atoms with Crippen LogP contribution in [0, 0.1) is 11.3 Å². The van der Waals surface area contributed by atoms with E-state index < -0.39 is 0 Å². The van der Waals surface area contributed by atoms with Crippen molar-refractivity contribution in [2.45, 2.75) is 12.8 Å². The Morgan fingerprint density at radius 3 is 3.13 bits per heavy atom. The number of hydrogen-bond acceptors (Lipinski definition) is 3. The van der Waals surface area contributed by atoms with Gasteiger partial charge in [-0.2, -0.15) is 5.26 Å². The molecule has 76 valence electrons. The molecule has 1 aromatic carbocycles. The number of hydrogen-bond donors (Lipinski definition) is 1. The van der Waals surface area contributed by atoms with Crippen LogP contribution in [-0.2, 0) is 11.2 Å². The minimum Gasteiger partial charge on any atom is -0.479 e. The van der Waals surface area contributed by atoms with Gasteiger partial charge in [-0.25, -0.2) is 0 Å². The molecular formula is C11H10N2O2. The molecule has 1 aliphatic rings. The predicted molar refractivity (Wildman–Crippen MR) is 54.5 cm³/mol.